The van der Waals surface area contributed by atoms with E-state index in [9.17, 15) is 10.1 Å². The van der Waals surface area contributed by atoms with Gasteiger partial charge in [-0.1, -0.05) is 40.2 Å². The molecule has 0 unspecified atom stereocenters. The molecule has 0 aliphatic heterocycles. The van der Waals surface area contributed by atoms with Crippen LogP contribution in [0.15, 0.2) is 29.3 Å². The first kappa shape index (κ1) is 12.0. The molecule has 15 heavy (non-hydrogen) atoms. The molecule has 6 heteroatoms. The van der Waals surface area contributed by atoms with Crippen LogP contribution in [0.1, 0.15) is 0 Å². The van der Waals surface area contributed by atoms with Gasteiger partial charge in [0.1, 0.15) is 5.69 Å². The number of halogens is 2. The quantitative estimate of drug-likeness (QED) is 0.681. The van der Waals surface area contributed by atoms with Crippen LogP contribution in [0.5, 0.6) is 0 Å². The first-order valence-corrected chi connectivity index (χ1v) is 5.19. The Hall–Kier alpha value is -1.07. The molecule has 0 heterocycles. The van der Waals surface area contributed by atoms with E-state index in [0.717, 1.165) is 0 Å². The Morgan fingerprint density at radius 2 is 2.33 bits per heavy atom. The molecule has 0 atom stereocenters. The molecule has 0 fully saturated rings. The summed E-state index contributed by atoms with van der Waals surface area (Å²) < 4.78 is 0.691. The lowest BCUT2D eigenvalue weighted by molar-refractivity contribution is -0.383. The summed E-state index contributed by atoms with van der Waals surface area (Å²) in [5.74, 6) is 0. The van der Waals surface area contributed by atoms with Crippen LogP contribution in [-0.4, -0.2) is 11.5 Å². The van der Waals surface area contributed by atoms with E-state index >= 15 is 0 Å². The van der Waals surface area contributed by atoms with Gasteiger partial charge >= 0.3 is 0 Å². The third kappa shape index (κ3) is 3.21. The van der Waals surface area contributed by atoms with E-state index < -0.39 is 4.92 Å². The van der Waals surface area contributed by atoms with Gasteiger partial charge in [-0.05, 0) is 6.07 Å². The molecule has 1 rings (SSSR count). The summed E-state index contributed by atoms with van der Waals surface area (Å²) in [4.78, 5) is 10.2. The summed E-state index contributed by atoms with van der Waals surface area (Å²) >= 11 is 8.99. The van der Waals surface area contributed by atoms with Gasteiger partial charge in [-0.15, -0.1) is 0 Å². The van der Waals surface area contributed by atoms with Crippen molar-refractivity contribution < 1.29 is 4.92 Å². The third-order valence-corrected chi connectivity index (χ3v) is 2.24. The van der Waals surface area contributed by atoms with Crippen molar-refractivity contribution in [2.24, 2.45) is 0 Å². The number of benzene rings is 1. The first-order valence-electron chi connectivity index (χ1n) is 4.02. The molecule has 0 spiro atoms. The van der Waals surface area contributed by atoms with E-state index in [1.54, 1.807) is 6.07 Å². The third-order valence-electron chi connectivity index (χ3n) is 1.65. The molecular weight excluding hydrogens is 283 g/mol. The summed E-state index contributed by atoms with van der Waals surface area (Å²) in [6.45, 7) is 4.00. The second kappa shape index (κ2) is 5.14. The molecule has 0 amide bonds. The second-order valence-electron chi connectivity index (χ2n) is 2.76. The summed E-state index contributed by atoms with van der Waals surface area (Å²) in [7, 11) is 0. The van der Waals surface area contributed by atoms with E-state index in [2.05, 4.69) is 27.8 Å². The van der Waals surface area contributed by atoms with Crippen LogP contribution in [0.3, 0.4) is 0 Å². The SMILES string of the molecule is C=C(Br)CNc1c(Cl)cccc1[N+](=O)[O-]. The van der Waals surface area contributed by atoms with Crippen LogP contribution < -0.4 is 5.32 Å². The number of rotatable bonds is 4. The highest BCUT2D eigenvalue weighted by atomic mass is 79.9. The zero-order valence-corrected chi connectivity index (χ0v) is 10.0. The predicted molar refractivity (Wildman–Crippen MR) is 64.7 cm³/mol. The Bertz CT molecular complexity index is 409. The minimum absolute atomic E-state index is 0.0451. The van der Waals surface area contributed by atoms with E-state index in [1.165, 1.54) is 12.1 Å². The molecule has 0 aliphatic rings. The molecule has 80 valence electrons. The predicted octanol–water partition coefficient (Wildman–Crippen LogP) is 3.57. The van der Waals surface area contributed by atoms with Crippen LogP contribution >= 0.6 is 27.5 Å². The molecule has 0 saturated heterocycles. The van der Waals surface area contributed by atoms with Crippen molar-refractivity contribution in [1.29, 1.82) is 0 Å². The van der Waals surface area contributed by atoms with E-state index in [4.69, 9.17) is 11.6 Å². The van der Waals surface area contributed by atoms with Crippen LogP contribution in [0.4, 0.5) is 11.4 Å². The van der Waals surface area contributed by atoms with Crippen molar-refractivity contribution in [3.63, 3.8) is 0 Å². The van der Waals surface area contributed by atoms with Gasteiger partial charge in [0.2, 0.25) is 0 Å². The Labute approximate surface area is 100 Å². The molecule has 0 saturated carbocycles. The summed E-state index contributed by atoms with van der Waals surface area (Å²) in [6, 6.07) is 4.52. The van der Waals surface area contributed by atoms with Crippen molar-refractivity contribution >= 4 is 38.9 Å². The van der Waals surface area contributed by atoms with E-state index in [0.29, 0.717) is 21.7 Å². The zero-order chi connectivity index (χ0) is 11.4. The highest BCUT2D eigenvalue weighted by Crippen LogP contribution is 2.31. The van der Waals surface area contributed by atoms with Gasteiger partial charge in [-0.3, -0.25) is 10.1 Å². The minimum Gasteiger partial charge on any atom is -0.374 e. The van der Waals surface area contributed by atoms with Crippen molar-refractivity contribution in [3.8, 4) is 0 Å². The Morgan fingerprint density at radius 1 is 1.67 bits per heavy atom. The lowest BCUT2D eigenvalue weighted by Gasteiger charge is -2.07. The smallest absolute Gasteiger partial charge is 0.293 e. The Kier molecular flexibility index (Phi) is 4.11. The number of nitrogens with one attached hydrogen (secondary N) is 1. The highest BCUT2D eigenvalue weighted by Gasteiger charge is 2.15. The topological polar surface area (TPSA) is 55.2 Å². The maximum absolute atomic E-state index is 10.7. The number of para-hydroxylation sites is 1. The average molecular weight is 292 g/mol. The van der Waals surface area contributed by atoms with Crippen molar-refractivity contribution in [3.05, 3.63) is 44.4 Å². The van der Waals surface area contributed by atoms with Gasteiger partial charge in [-0.2, -0.15) is 0 Å². The molecule has 0 radical (unpaired) electrons. The molecule has 1 aromatic rings. The maximum atomic E-state index is 10.7. The van der Waals surface area contributed by atoms with Crippen LogP contribution in [0, 0.1) is 10.1 Å². The molecule has 0 bridgehead atoms. The van der Waals surface area contributed by atoms with Gasteiger partial charge in [-0.25, -0.2) is 0 Å². The number of hydrogen-bond donors (Lipinski definition) is 1. The number of nitro benzene ring substituents is 1. The Morgan fingerprint density at radius 3 is 2.87 bits per heavy atom. The Balaban J connectivity index is 3.02. The fraction of sp³-hybridized carbons (Fsp3) is 0.111. The van der Waals surface area contributed by atoms with Gasteiger partial charge in [0, 0.05) is 17.1 Å². The van der Waals surface area contributed by atoms with Crippen LogP contribution in [0.25, 0.3) is 0 Å². The second-order valence-corrected chi connectivity index (χ2v) is 4.29. The normalized spacial score (nSPS) is 9.73. The summed E-state index contributed by atoms with van der Waals surface area (Å²) in [5, 5.41) is 13.9. The summed E-state index contributed by atoms with van der Waals surface area (Å²) in [6.07, 6.45) is 0. The molecular formula is C9H8BrClN2O2. The number of nitrogens with zero attached hydrogens (tertiary/aromatic N) is 1. The van der Waals surface area contributed by atoms with Gasteiger partial charge in [0.05, 0.1) is 9.95 Å². The van der Waals surface area contributed by atoms with Crippen molar-refractivity contribution in [2.45, 2.75) is 0 Å². The van der Waals surface area contributed by atoms with Crippen molar-refractivity contribution in [2.75, 3.05) is 11.9 Å². The number of hydrogen-bond acceptors (Lipinski definition) is 3. The maximum Gasteiger partial charge on any atom is 0.293 e. The lowest BCUT2D eigenvalue weighted by Crippen LogP contribution is -2.04. The highest BCUT2D eigenvalue weighted by molar-refractivity contribution is 9.11. The van der Waals surface area contributed by atoms with Crippen LogP contribution in [0.2, 0.25) is 5.02 Å². The zero-order valence-electron chi connectivity index (χ0n) is 7.67. The van der Waals surface area contributed by atoms with Gasteiger partial charge < -0.3 is 5.32 Å². The largest absolute Gasteiger partial charge is 0.374 e. The average Bonchev–Trinajstić information content (AvgIpc) is 2.15. The lowest BCUT2D eigenvalue weighted by atomic mass is 10.2. The van der Waals surface area contributed by atoms with E-state index in [-0.39, 0.29) is 5.69 Å². The van der Waals surface area contributed by atoms with E-state index in [1.807, 2.05) is 0 Å². The molecule has 1 aromatic carbocycles. The monoisotopic (exact) mass is 290 g/mol. The molecule has 0 aromatic heterocycles. The van der Waals surface area contributed by atoms with Crippen molar-refractivity contribution in [1.82, 2.24) is 0 Å². The van der Waals surface area contributed by atoms with Gasteiger partial charge in [0.25, 0.3) is 5.69 Å². The molecule has 4 nitrogen and oxygen atoms in total. The fourth-order valence-electron chi connectivity index (χ4n) is 1.02. The molecule has 0 aliphatic carbocycles. The fourth-order valence-corrected chi connectivity index (χ4v) is 1.40. The minimum atomic E-state index is -0.481. The first-order chi connectivity index (χ1) is 7.02. The number of anilines is 1. The molecule has 1 N–H and O–H groups in total. The summed E-state index contributed by atoms with van der Waals surface area (Å²) in [5.41, 5.74) is 0.265. The standard InChI is InChI=1S/C9H8BrClN2O2/c1-6(10)5-12-9-7(11)3-2-4-8(9)13(14)15/h2-4,12H,1,5H2. The van der Waals surface area contributed by atoms with Crippen LogP contribution in [-0.2, 0) is 0 Å². The number of nitro groups is 1. The van der Waals surface area contributed by atoms with Gasteiger partial charge in [0.15, 0.2) is 0 Å².